The van der Waals surface area contributed by atoms with E-state index in [1.165, 1.54) is 5.39 Å². The third-order valence-corrected chi connectivity index (χ3v) is 2.43. The number of benzene rings is 1. The molecule has 0 spiro atoms. The molecule has 1 radical (unpaired) electrons. The van der Waals surface area contributed by atoms with Gasteiger partial charge in [-0.25, -0.2) is 0 Å². The predicted molar refractivity (Wildman–Crippen MR) is 60.4 cm³/mol. The van der Waals surface area contributed by atoms with Gasteiger partial charge in [-0.05, 0) is 24.3 Å². The van der Waals surface area contributed by atoms with Crippen molar-refractivity contribution in [1.82, 2.24) is 9.97 Å². The van der Waals surface area contributed by atoms with Crippen LogP contribution in [-0.2, 0) is 0 Å². The summed E-state index contributed by atoms with van der Waals surface area (Å²) in [7, 11) is 0. The highest BCUT2D eigenvalue weighted by molar-refractivity contribution is 5.85. The van der Waals surface area contributed by atoms with E-state index in [0.29, 0.717) is 0 Å². The molecule has 15 heavy (non-hydrogen) atoms. The van der Waals surface area contributed by atoms with E-state index in [1.807, 2.05) is 24.3 Å². The summed E-state index contributed by atoms with van der Waals surface area (Å²) in [6.45, 7) is 0. The van der Waals surface area contributed by atoms with Crippen molar-refractivity contribution in [2.75, 3.05) is 0 Å². The first kappa shape index (κ1) is 8.24. The maximum absolute atomic E-state index is 3.99. The molecule has 0 saturated heterocycles. The molecule has 0 saturated carbocycles. The maximum Gasteiger partial charge on any atom is 0.0986 e. The Morgan fingerprint density at radius 2 is 2.00 bits per heavy atom. The fraction of sp³-hybridized carbons (Fsp3) is 0. The lowest BCUT2D eigenvalue weighted by atomic mass is 10.2. The number of fused-ring (bicyclic) bond motifs is 1. The highest BCUT2D eigenvalue weighted by Crippen LogP contribution is 2.22. The van der Waals surface area contributed by atoms with Gasteiger partial charge in [0.25, 0.3) is 0 Å². The fourth-order valence-corrected chi connectivity index (χ4v) is 1.69. The number of H-pyrrole nitrogens is 1. The summed E-state index contributed by atoms with van der Waals surface area (Å²) in [6.07, 6.45) is 4.69. The van der Waals surface area contributed by atoms with Crippen molar-refractivity contribution in [3.05, 3.63) is 54.9 Å². The Morgan fingerprint density at radius 1 is 1.07 bits per heavy atom. The molecule has 1 aromatic carbocycles. The summed E-state index contributed by atoms with van der Waals surface area (Å²) in [5, 5.41) is 1.21. The first-order valence-corrected chi connectivity index (χ1v) is 4.84. The highest BCUT2D eigenvalue weighted by Gasteiger charge is 2.01. The van der Waals surface area contributed by atoms with Crippen LogP contribution in [0.2, 0.25) is 0 Å². The summed E-state index contributed by atoms with van der Waals surface area (Å²) in [5.74, 6) is 0. The normalized spacial score (nSPS) is 10.7. The monoisotopic (exact) mass is 193 g/mol. The molecule has 2 heterocycles. The lowest BCUT2D eigenvalue weighted by Crippen LogP contribution is -1.78. The molecule has 0 fully saturated rings. The number of aromatic nitrogens is 2. The Balaban J connectivity index is 2.21. The summed E-state index contributed by atoms with van der Waals surface area (Å²) < 4.78 is 0. The molecule has 2 nitrogen and oxygen atoms in total. The number of rotatable bonds is 1. The fourth-order valence-electron chi connectivity index (χ4n) is 1.69. The average Bonchev–Trinajstić information content (AvgIpc) is 2.74. The van der Waals surface area contributed by atoms with Crippen molar-refractivity contribution in [3.8, 4) is 11.3 Å². The van der Waals surface area contributed by atoms with Crippen molar-refractivity contribution in [3.63, 3.8) is 0 Å². The number of nitrogens with one attached hydrogen (secondary N) is 1. The van der Waals surface area contributed by atoms with Crippen LogP contribution in [0.15, 0.2) is 48.7 Å². The van der Waals surface area contributed by atoms with Gasteiger partial charge in [-0.15, -0.1) is 0 Å². The van der Waals surface area contributed by atoms with Crippen LogP contribution >= 0.6 is 0 Å². The van der Waals surface area contributed by atoms with E-state index in [1.54, 1.807) is 6.20 Å². The number of aromatic amines is 1. The summed E-state index contributed by atoms with van der Waals surface area (Å²) >= 11 is 0. The average molecular weight is 193 g/mol. The van der Waals surface area contributed by atoms with Gasteiger partial charge in [-0.2, -0.15) is 0 Å². The number of nitrogens with zero attached hydrogens (tertiary/aromatic N) is 1. The van der Waals surface area contributed by atoms with Crippen molar-refractivity contribution < 1.29 is 0 Å². The van der Waals surface area contributed by atoms with E-state index in [4.69, 9.17) is 0 Å². The minimum absolute atomic E-state index is 0.994. The second-order valence-corrected chi connectivity index (χ2v) is 3.43. The largest absolute Gasteiger partial charge is 0.354 e. The van der Waals surface area contributed by atoms with Gasteiger partial charge >= 0.3 is 0 Å². The topological polar surface area (TPSA) is 28.7 Å². The van der Waals surface area contributed by atoms with Gasteiger partial charge in [-0.3, -0.25) is 4.98 Å². The number of pyridine rings is 1. The van der Waals surface area contributed by atoms with Gasteiger partial charge in [0, 0.05) is 28.4 Å². The zero-order chi connectivity index (χ0) is 10.1. The van der Waals surface area contributed by atoms with Crippen LogP contribution in [0.1, 0.15) is 0 Å². The molecule has 1 N–H and O–H groups in total. The highest BCUT2D eigenvalue weighted by atomic mass is 14.7. The molecule has 0 atom stereocenters. The zero-order valence-corrected chi connectivity index (χ0v) is 8.07. The number of para-hydroxylation sites is 1. The molecule has 0 amide bonds. The summed E-state index contributed by atoms with van der Waals surface area (Å²) in [5.41, 5.74) is 3.20. The smallest absolute Gasteiger partial charge is 0.0986 e. The third-order valence-electron chi connectivity index (χ3n) is 2.43. The number of hydrogen-bond acceptors (Lipinski definition) is 1. The van der Waals surface area contributed by atoms with Crippen LogP contribution in [0.3, 0.4) is 0 Å². The van der Waals surface area contributed by atoms with Crippen LogP contribution < -0.4 is 0 Å². The van der Waals surface area contributed by atoms with E-state index in [0.717, 1.165) is 16.8 Å². The van der Waals surface area contributed by atoms with Gasteiger partial charge in [0.05, 0.1) is 6.20 Å². The lowest BCUT2D eigenvalue weighted by Gasteiger charge is -1.93. The van der Waals surface area contributed by atoms with Crippen molar-refractivity contribution in [2.45, 2.75) is 0 Å². The molecule has 0 aliphatic rings. The van der Waals surface area contributed by atoms with Crippen LogP contribution in [0.4, 0.5) is 0 Å². The van der Waals surface area contributed by atoms with Gasteiger partial charge in [0.2, 0.25) is 0 Å². The Bertz CT molecular complexity index is 549. The summed E-state index contributed by atoms with van der Waals surface area (Å²) in [6, 6.07) is 14.2. The molecule has 3 aromatic rings. The molecule has 0 aliphatic heterocycles. The standard InChI is InChI=1S/C13H9N2/c1-2-6-12-10(4-1)8-13(15-12)11-5-3-7-14-9-11/h1-8,15H. The predicted octanol–water partition coefficient (Wildman–Crippen LogP) is 3.03. The zero-order valence-electron chi connectivity index (χ0n) is 8.07. The lowest BCUT2D eigenvalue weighted by molar-refractivity contribution is 1.30. The number of hydrogen-bond donors (Lipinski definition) is 1. The van der Waals surface area contributed by atoms with E-state index in [2.05, 4.69) is 34.4 Å². The summed E-state index contributed by atoms with van der Waals surface area (Å²) in [4.78, 5) is 7.33. The minimum Gasteiger partial charge on any atom is -0.354 e. The van der Waals surface area contributed by atoms with E-state index < -0.39 is 0 Å². The minimum atomic E-state index is 0.994. The first-order valence-electron chi connectivity index (χ1n) is 4.84. The second kappa shape index (κ2) is 3.24. The van der Waals surface area contributed by atoms with Crippen molar-refractivity contribution >= 4 is 10.9 Å². The van der Waals surface area contributed by atoms with Crippen LogP contribution in [0.5, 0.6) is 0 Å². The maximum atomic E-state index is 3.99. The van der Waals surface area contributed by atoms with E-state index in [9.17, 15) is 0 Å². The molecule has 0 unspecified atom stereocenters. The van der Waals surface area contributed by atoms with Crippen LogP contribution in [-0.4, -0.2) is 9.97 Å². The molecule has 2 aromatic heterocycles. The molecular formula is C13H9N2. The Morgan fingerprint density at radius 3 is 2.80 bits per heavy atom. The Labute approximate surface area is 87.6 Å². The van der Waals surface area contributed by atoms with Crippen LogP contribution in [0, 0.1) is 6.20 Å². The molecule has 0 aliphatic carbocycles. The molecule has 3 rings (SSSR count). The van der Waals surface area contributed by atoms with Crippen molar-refractivity contribution in [2.24, 2.45) is 0 Å². The quantitative estimate of drug-likeness (QED) is 0.632. The molecular weight excluding hydrogens is 184 g/mol. The molecule has 2 heteroatoms. The second-order valence-electron chi connectivity index (χ2n) is 3.43. The molecule has 71 valence electrons. The molecule has 0 bridgehead atoms. The Kier molecular flexibility index (Phi) is 1.78. The van der Waals surface area contributed by atoms with Crippen molar-refractivity contribution in [1.29, 1.82) is 0 Å². The SMILES string of the molecule is [c]1ncccc1-c1cc2ccccc2[nH]1. The van der Waals surface area contributed by atoms with Gasteiger partial charge in [0.15, 0.2) is 0 Å². The van der Waals surface area contributed by atoms with Crippen LogP contribution in [0.25, 0.3) is 22.2 Å². The van der Waals surface area contributed by atoms with E-state index in [-0.39, 0.29) is 0 Å². The van der Waals surface area contributed by atoms with Gasteiger partial charge in [0.1, 0.15) is 0 Å². The van der Waals surface area contributed by atoms with Gasteiger partial charge in [-0.1, -0.05) is 18.2 Å². The first-order chi connectivity index (χ1) is 7.43. The van der Waals surface area contributed by atoms with Gasteiger partial charge < -0.3 is 4.98 Å². The van der Waals surface area contributed by atoms with E-state index >= 15 is 0 Å². The Hall–Kier alpha value is -2.09. The third kappa shape index (κ3) is 1.40.